The van der Waals surface area contributed by atoms with Crippen molar-refractivity contribution in [3.8, 4) is 0 Å². The van der Waals surface area contributed by atoms with Crippen LogP contribution in [0.1, 0.15) is 62.8 Å². The molecule has 0 bridgehead atoms. The Bertz CT molecular complexity index is 886. The second-order valence-corrected chi connectivity index (χ2v) is 9.04. The fourth-order valence-electron chi connectivity index (χ4n) is 3.17. The summed E-state index contributed by atoms with van der Waals surface area (Å²) in [5, 5.41) is 4.05. The third-order valence-electron chi connectivity index (χ3n) is 4.98. The summed E-state index contributed by atoms with van der Waals surface area (Å²) in [6.45, 7) is 4.17. The van der Waals surface area contributed by atoms with Crippen LogP contribution in [-0.4, -0.2) is 52.2 Å². The number of hydrogen-bond donors (Lipinski definition) is 0. The highest BCUT2D eigenvalue weighted by molar-refractivity contribution is 7.89. The maximum atomic E-state index is 13.2. The van der Waals surface area contributed by atoms with Gasteiger partial charge in [0.25, 0.3) is 10.0 Å². The molecule has 2 aliphatic rings. The Morgan fingerprint density at radius 3 is 2.73 bits per heavy atom. The van der Waals surface area contributed by atoms with E-state index in [4.69, 9.17) is 9.26 Å². The van der Waals surface area contributed by atoms with E-state index in [0.29, 0.717) is 24.1 Å². The molecule has 3 heterocycles. The molecule has 1 saturated heterocycles. The normalized spacial score (nSPS) is 24.6. The zero-order chi connectivity index (χ0) is 18.5. The van der Waals surface area contributed by atoms with E-state index >= 15 is 0 Å². The van der Waals surface area contributed by atoms with Crippen LogP contribution in [0.4, 0.5) is 0 Å². The number of nitrogens with zero attached hydrogens (tertiary/aromatic N) is 5. The minimum atomic E-state index is -3.79. The molecular formula is C16H23N5O4S. The Hall–Kier alpha value is -1.78. The van der Waals surface area contributed by atoms with Gasteiger partial charge in [-0.1, -0.05) is 5.16 Å². The Balaban J connectivity index is 1.66. The van der Waals surface area contributed by atoms with E-state index in [-0.39, 0.29) is 23.7 Å². The van der Waals surface area contributed by atoms with E-state index in [2.05, 4.69) is 15.1 Å². The van der Waals surface area contributed by atoms with Crippen LogP contribution in [0.15, 0.2) is 22.1 Å². The first-order chi connectivity index (χ1) is 12.4. The zero-order valence-corrected chi connectivity index (χ0v) is 15.9. The fraction of sp³-hybridized carbons (Fsp3) is 0.688. The maximum Gasteiger partial charge on any atom is 0.262 e. The summed E-state index contributed by atoms with van der Waals surface area (Å²) < 4.78 is 40.3. The van der Waals surface area contributed by atoms with Gasteiger partial charge in [-0.2, -0.15) is 9.29 Å². The molecule has 0 radical (unpaired) electrons. The highest BCUT2D eigenvalue weighted by Gasteiger charge is 2.45. The summed E-state index contributed by atoms with van der Waals surface area (Å²) >= 11 is 0. The first kappa shape index (κ1) is 17.6. The van der Waals surface area contributed by atoms with Gasteiger partial charge in [-0.3, -0.25) is 0 Å². The quantitative estimate of drug-likeness (QED) is 0.752. The predicted octanol–water partition coefficient (Wildman–Crippen LogP) is 1.88. The van der Waals surface area contributed by atoms with Crippen LogP contribution < -0.4 is 0 Å². The molecule has 2 aromatic heterocycles. The number of aromatic nitrogens is 4. The Labute approximate surface area is 152 Å². The molecule has 4 rings (SSSR count). The molecule has 1 saturated carbocycles. The lowest BCUT2D eigenvalue weighted by Gasteiger charge is -2.19. The van der Waals surface area contributed by atoms with E-state index in [9.17, 15) is 8.42 Å². The zero-order valence-electron chi connectivity index (χ0n) is 15.1. The predicted molar refractivity (Wildman–Crippen MR) is 90.9 cm³/mol. The Kier molecular flexibility index (Phi) is 4.36. The number of hydrogen-bond acceptors (Lipinski definition) is 7. The summed E-state index contributed by atoms with van der Waals surface area (Å²) in [5.74, 6) is 1.35. The van der Waals surface area contributed by atoms with Gasteiger partial charge in [0.15, 0.2) is 10.9 Å². The molecular weight excluding hydrogens is 358 g/mol. The van der Waals surface area contributed by atoms with Gasteiger partial charge in [0.05, 0.1) is 12.4 Å². The second-order valence-electron chi connectivity index (χ2n) is 7.20. The van der Waals surface area contributed by atoms with Crippen molar-refractivity contribution in [2.75, 3.05) is 13.7 Å². The SMILES string of the molecule is CO[C@H]1C[C@H](c2nc(C3CC3)no2)N(S(=O)(=O)c2cn(C(C)C)cn2)C1. The molecule has 2 fully saturated rings. The minimum absolute atomic E-state index is 0.0230. The van der Waals surface area contributed by atoms with Crippen LogP contribution in [-0.2, 0) is 14.8 Å². The lowest BCUT2D eigenvalue weighted by Crippen LogP contribution is -2.32. The number of sulfonamides is 1. The van der Waals surface area contributed by atoms with Gasteiger partial charge in [0.1, 0.15) is 6.04 Å². The molecule has 0 spiro atoms. The molecule has 2 atom stereocenters. The van der Waals surface area contributed by atoms with Gasteiger partial charge in [-0.15, -0.1) is 0 Å². The first-order valence-electron chi connectivity index (χ1n) is 8.81. The molecule has 0 aromatic carbocycles. The molecule has 142 valence electrons. The van der Waals surface area contributed by atoms with Crippen molar-refractivity contribution in [2.24, 2.45) is 0 Å². The lowest BCUT2D eigenvalue weighted by atomic mass is 10.2. The molecule has 1 aliphatic heterocycles. The first-order valence-corrected chi connectivity index (χ1v) is 10.3. The summed E-state index contributed by atoms with van der Waals surface area (Å²) in [7, 11) is -2.22. The fourth-order valence-corrected chi connectivity index (χ4v) is 4.72. The number of rotatable bonds is 6. The molecule has 1 aliphatic carbocycles. The van der Waals surface area contributed by atoms with Gasteiger partial charge in [0.2, 0.25) is 5.89 Å². The van der Waals surface area contributed by atoms with Gasteiger partial charge < -0.3 is 13.8 Å². The van der Waals surface area contributed by atoms with Crippen LogP contribution in [0, 0.1) is 0 Å². The number of ether oxygens (including phenoxy) is 1. The summed E-state index contributed by atoms with van der Waals surface area (Å²) in [5.41, 5.74) is 0. The average molecular weight is 381 g/mol. The van der Waals surface area contributed by atoms with E-state index < -0.39 is 16.1 Å². The van der Waals surface area contributed by atoms with Crippen molar-refractivity contribution in [3.05, 3.63) is 24.2 Å². The molecule has 0 amide bonds. The monoisotopic (exact) mass is 381 g/mol. The lowest BCUT2D eigenvalue weighted by molar-refractivity contribution is 0.114. The smallest absolute Gasteiger partial charge is 0.262 e. The molecule has 2 aromatic rings. The van der Waals surface area contributed by atoms with Crippen molar-refractivity contribution < 1.29 is 17.7 Å². The minimum Gasteiger partial charge on any atom is -0.380 e. The molecule has 26 heavy (non-hydrogen) atoms. The Morgan fingerprint density at radius 2 is 2.12 bits per heavy atom. The summed E-state index contributed by atoms with van der Waals surface area (Å²) in [4.78, 5) is 8.55. The summed E-state index contributed by atoms with van der Waals surface area (Å²) in [6, 6.07) is -0.404. The highest BCUT2D eigenvalue weighted by Crippen LogP contribution is 2.41. The third-order valence-corrected chi connectivity index (χ3v) is 6.74. The largest absolute Gasteiger partial charge is 0.380 e. The van der Waals surface area contributed by atoms with Crippen LogP contribution >= 0.6 is 0 Å². The van der Waals surface area contributed by atoms with Gasteiger partial charge in [0, 0.05) is 38.2 Å². The standard InChI is InChI=1S/C16H23N5O4S/c1-10(2)20-8-14(17-9-20)26(22,23)21-7-12(24-3)6-13(21)16-18-15(19-25-16)11-4-5-11/h8-13H,4-7H2,1-3H3/t12-,13+/m0/s1. The van der Waals surface area contributed by atoms with Crippen molar-refractivity contribution in [1.29, 1.82) is 0 Å². The van der Waals surface area contributed by atoms with E-state index in [0.717, 1.165) is 12.8 Å². The van der Waals surface area contributed by atoms with E-state index in [1.54, 1.807) is 17.9 Å². The number of imidazole rings is 1. The molecule has 9 nitrogen and oxygen atoms in total. The van der Waals surface area contributed by atoms with Crippen molar-refractivity contribution in [3.63, 3.8) is 0 Å². The van der Waals surface area contributed by atoms with Gasteiger partial charge >= 0.3 is 0 Å². The number of methoxy groups -OCH3 is 1. The summed E-state index contributed by atoms with van der Waals surface area (Å²) in [6.07, 6.45) is 5.46. The molecule has 0 N–H and O–H groups in total. The van der Waals surface area contributed by atoms with Crippen molar-refractivity contribution in [2.45, 2.75) is 62.2 Å². The Morgan fingerprint density at radius 1 is 1.35 bits per heavy atom. The maximum absolute atomic E-state index is 13.2. The van der Waals surface area contributed by atoms with E-state index in [1.165, 1.54) is 10.6 Å². The van der Waals surface area contributed by atoms with Gasteiger partial charge in [-0.05, 0) is 26.7 Å². The van der Waals surface area contributed by atoms with Crippen LogP contribution in [0.5, 0.6) is 0 Å². The van der Waals surface area contributed by atoms with Crippen molar-refractivity contribution in [1.82, 2.24) is 24.0 Å². The third kappa shape index (κ3) is 3.06. The topological polar surface area (TPSA) is 103 Å². The van der Waals surface area contributed by atoms with E-state index in [1.807, 2.05) is 13.8 Å². The highest BCUT2D eigenvalue weighted by atomic mass is 32.2. The average Bonchev–Trinajstić information content (AvgIpc) is 3.08. The van der Waals surface area contributed by atoms with Crippen LogP contribution in [0.2, 0.25) is 0 Å². The van der Waals surface area contributed by atoms with Crippen LogP contribution in [0.25, 0.3) is 0 Å². The molecule has 0 unspecified atom stereocenters. The van der Waals surface area contributed by atoms with Gasteiger partial charge in [-0.25, -0.2) is 13.4 Å². The van der Waals surface area contributed by atoms with Crippen molar-refractivity contribution >= 4 is 10.0 Å². The second kappa shape index (κ2) is 6.43. The van der Waals surface area contributed by atoms with Crippen LogP contribution in [0.3, 0.4) is 0 Å². The molecule has 10 heteroatoms.